The Bertz CT molecular complexity index is 1700. The van der Waals surface area contributed by atoms with E-state index in [0.29, 0.717) is 17.1 Å². The van der Waals surface area contributed by atoms with E-state index in [0.717, 1.165) is 15.4 Å². The van der Waals surface area contributed by atoms with Crippen LogP contribution < -0.4 is 9.62 Å². The Labute approximate surface area is 273 Å². The maximum atomic E-state index is 14.4. The van der Waals surface area contributed by atoms with Crippen molar-refractivity contribution in [2.75, 3.05) is 17.4 Å². The highest BCUT2D eigenvalue weighted by Crippen LogP contribution is 2.33. The van der Waals surface area contributed by atoms with Gasteiger partial charge < -0.3 is 10.2 Å². The molecule has 0 aliphatic heterocycles. The molecule has 4 rings (SSSR count). The monoisotopic (exact) mass is 671 g/mol. The largest absolute Gasteiger partial charge is 0.355 e. The number of anilines is 1. The van der Waals surface area contributed by atoms with Crippen LogP contribution in [0, 0.1) is 6.92 Å². The van der Waals surface area contributed by atoms with Crippen LogP contribution in [0.2, 0.25) is 15.1 Å². The molecule has 0 saturated heterocycles. The van der Waals surface area contributed by atoms with E-state index in [1.807, 2.05) is 37.3 Å². The van der Waals surface area contributed by atoms with Crippen LogP contribution >= 0.6 is 34.8 Å². The number of likely N-dealkylation sites (N-methyl/N-ethyl adjacent to an activating group) is 1. The Morgan fingerprint density at radius 3 is 2.09 bits per heavy atom. The number of hydrogen-bond acceptors (Lipinski definition) is 4. The van der Waals surface area contributed by atoms with E-state index < -0.39 is 28.5 Å². The van der Waals surface area contributed by atoms with E-state index >= 15 is 0 Å². The van der Waals surface area contributed by atoms with Crippen LogP contribution in [0.1, 0.15) is 23.6 Å². The van der Waals surface area contributed by atoms with Gasteiger partial charge in [0.1, 0.15) is 12.6 Å². The summed E-state index contributed by atoms with van der Waals surface area (Å²) in [7, 11) is -4.31. The SMILES string of the molecule is CCNC(=O)[C@H](Cc1ccccc1)N(Cc1ccc(Cl)cc1)C(=O)CN(c1cc(Cl)ccc1Cl)S(=O)(=O)c1ccc(C)cc1. The smallest absolute Gasteiger partial charge is 0.264 e. The second-order valence-electron chi connectivity index (χ2n) is 10.2. The van der Waals surface area contributed by atoms with Crippen molar-refractivity contribution >= 4 is 62.3 Å². The van der Waals surface area contributed by atoms with Crippen LogP contribution in [0.15, 0.2) is 102 Å². The molecule has 2 amide bonds. The summed E-state index contributed by atoms with van der Waals surface area (Å²) in [5.41, 5.74) is 2.45. The van der Waals surface area contributed by atoms with Gasteiger partial charge in [0.05, 0.1) is 15.6 Å². The van der Waals surface area contributed by atoms with E-state index in [2.05, 4.69) is 5.32 Å². The Morgan fingerprint density at radius 1 is 0.818 bits per heavy atom. The third-order valence-corrected chi connectivity index (χ3v) is 9.53. The number of sulfonamides is 1. The zero-order valence-corrected chi connectivity index (χ0v) is 27.3. The van der Waals surface area contributed by atoms with Crippen LogP contribution in [0.3, 0.4) is 0 Å². The van der Waals surface area contributed by atoms with Gasteiger partial charge in [0, 0.05) is 29.6 Å². The minimum absolute atomic E-state index is 0.0202. The first-order chi connectivity index (χ1) is 21.0. The lowest BCUT2D eigenvalue weighted by molar-refractivity contribution is -0.140. The molecule has 230 valence electrons. The van der Waals surface area contributed by atoms with Gasteiger partial charge in [-0.2, -0.15) is 0 Å². The fraction of sp³-hybridized carbons (Fsp3) is 0.212. The van der Waals surface area contributed by atoms with Gasteiger partial charge in [-0.3, -0.25) is 13.9 Å². The molecule has 0 aliphatic rings. The average molecular weight is 673 g/mol. The first-order valence-electron chi connectivity index (χ1n) is 13.9. The predicted molar refractivity (Wildman–Crippen MR) is 177 cm³/mol. The molecule has 0 aliphatic carbocycles. The van der Waals surface area contributed by atoms with Crippen molar-refractivity contribution in [2.24, 2.45) is 0 Å². The van der Waals surface area contributed by atoms with Gasteiger partial charge in [0.2, 0.25) is 11.8 Å². The molecule has 7 nitrogen and oxygen atoms in total. The maximum absolute atomic E-state index is 14.4. The summed E-state index contributed by atoms with van der Waals surface area (Å²) in [6, 6.07) is 25.9. The molecule has 0 bridgehead atoms. The highest BCUT2D eigenvalue weighted by atomic mass is 35.5. The molecule has 4 aromatic carbocycles. The zero-order valence-electron chi connectivity index (χ0n) is 24.2. The molecule has 0 saturated carbocycles. The van der Waals surface area contributed by atoms with Crippen molar-refractivity contribution in [1.82, 2.24) is 10.2 Å². The number of rotatable bonds is 12. The molecule has 11 heteroatoms. The fourth-order valence-electron chi connectivity index (χ4n) is 4.66. The Morgan fingerprint density at radius 2 is 1.45 bits per heavy atom. The van der Waals surface area contributed by atoms with Crippen molar-refractivity contribution in [3.05, 3.63) is 129 Å². The quantitative estimate of drug-likeness (QED) is 0.177. The molecule has 0 fully saturated rings. The van der Waals surface area contributed by atoms with Gasteiger partial charge in [-0.05, 0) is 67.4 Å². The normalized spacial score (nSPS) is 11.9. The number of hydrogen-bond donors (Lipinski definition) is 1. The maximum Gasteiger partial charge on any atom is 0.264 e. The van der Waals surface area contributed by atoms with Crippen LogP contribution in [0.5, 0.6) is 0 Å². The number of benzene rings is 4. The third-order valence-electron chi connectivity index (χ3n) is 6.95. The van der Waals surface area contributed by atoms with Gasteiger partial charge in [-0.1, -0.05) is 95.0 Å². The number of nitrogens with zero attached hydrogens (tertiary/aromatic N) is 2. The third kappa shape index (κ3) is 8.33. The number of aryl methyl sites for hydroxylation is 1. The van der Waals surface area contributed by atoms with E-state index in [4.69, 9.17) is 34.8 Å². The summed E-state index contributed by atoms with van der Waals surface area (Å²) in [6.45, 7) is 3.36. The molecule has 44 heavy (non-hydrogen) atoms. The van der Waals surface area contributed by atoms with Gasteiger partial charge in [0.15, 0.2) is 0 Å². The summed E-state index contributed by atoms with van der Waals surface area (Å²) in [5.74, 6) is -0.980. The van der Waals surface area contributed by atoms with Crippen LogP contribution in [0.25, 0.3) is 0 Å². The lowest BCUT2D eigenvalue weighted by Gasteiger charge is -2.34. The second-order valence-corrected chi connectivity index (χ2v) is 13.3. The van der Waals surface area contributed by atoms with Crippen molar-refractivity contribution in [3.63, 3.8) is 0 Å². The molecule has 0 spiro atoms. The zero-order chi connectivity index (χ0) is 31.9. The highest BCUT2D eigenvalue weighted by Gasteiger charge is 2.35. The van der Waals surface area contributed by atoms with Crippen LogP contribution in [-0.2, 0) is 32.6 Å². The van der Waals surface area contributed by atoms with Gasteiger partial charge in [-0.25, -0.2) is 8.42 Å². The standard InChI is InChI=1S/C33H32Cl3N3O4S/c1-3-37-33(41)31(19-24-7-5-4-6-8-24)38(21-25-11-13-26(34)14-12-25)32(40)22-39(30-20-27(35)15-18-29(30)36)44(42,43)28-16-9-23(2)10-17-28/h4-18,20,31H,3,19,21-22H2,1-2H3,(H,37,41)/t31-/m0/s1. The number of halogens is 3. The Kier molecular flexibility index (Phi) is 11.3. The van der Waals surface area contributed by atoms with Crippen molar-refractivity contribution in [2.45, 2.75) is 37.8 Å². The van der Waals surface area contributed by atoms with Crippen molar-refractivity contribution in [1.29, 1.82) is 0 Å². The summed E-state index contributed by atoms with van der Waals surface area (Å²) in [5, 5.41) is 3.68. The van der Waals surface area contributed by atoms with E-state index in [9.17, 15) is 18.0 Å². The topological polar surface area (TPSA) is 86.8 Å². The number of carbonyl (C=O) groups excluding carboxylic acids is 2. The number of carbonyl (C=O) groups is 2. The van der Waals surface area contributed by atoms with Crippen molar-refractivity contribution in [3.8, 4) is 0 Å². The first kappa shape index (κ1) is 33.3. The number of amides is 2. The van der Waals surface area contributed by atoms with Crippen LogP contribution in [-0.4, -0.2) is 44.3 Å². The first-order valence-corrected chi connectivity index (χ1v) is 16.5. The second kappa shape index (κ2) is 14.9. The Hall–Kier alpha value is -3.56. The highest BCUT2D eigenvalue weighted by molar-refractivity contribution is 7.92. The summed E-state index contributed by atoms with van der Waals surface area (Å²) < 4.78 is 29.2. The molecular formula is C33H32Cl3N3O4S. The van der Waals surface area contributed by atoms with Crippen molar-refractivity contribution < 1.29 is 18.0 Å². The van der Waals surface area contributed by atoms with Gasteiger partial charge >= 0.3 is 0 Å². The number of nitrogens with one attached hydrogen (secondary N) is 1. The molecule has 0 heterocycles. The molecular weight excluding hydrogens is 641 g/mol. The summed E-state index contributed by atoms with van der Waals surface area (Å²) in [4.78, 5) is 29.3. The molecule has 1 N–H and O–H groups in total. The molecule has 1 atom stereocenters. The minimum Gasteiger partial charge on any atom is -0.355 e. The fourth-order valence-corrected chi connectivity index (χ4v) is 6.65. The predicted octanol–water partition coefficient (Wildman–Crippen LogP) is 6.93. The van der Waals surface area contributed by atoms with Gasteiger partial charge in [0.25, 0.3) is 10.0 Å². The summed E-state index contributed by atoms with van der Waals surface area (Å²) >= 11 is 18.9. The minimum atomic E-state index is -4.31. The molecule has 0 aromatic heterocycles. The van der Waals surface area contributed by atoms with E-state index in [1.54, 1.807) is 43.3 Å². The van der Waals surface area contributed by atoms with Gasteiger partial charge in [-0.15, -0.1) is 0 Å². The lowest BCUT2D eigenvalue weighted by Crippen LogP contribution is -2.53. The lowest BCUT2D eigenvalue weighted by atomic mass is 10.0. The van der Waals surface area contributed by atoms with E-state index in [1.165, 1.54) is 35.2 Å². The average Bonchev–Trinajstić information content (AvgIpc) is 3.00. The summed E-state index contributed by atoms with van der Waals surface area (Å²) in [6.07, 6.45) is 0.203. The van der Waals surface area contributed by atoms with E-state index in [-0.39, 0.29) is 39.5 Å². The van der Waals surface area contributed by atoms with Crippen LogP contribution in [0.4, 0.5) is 5.69 Å². The molecule has 4 aromatic rings. The molecule has 0 radical (unpaired) electrons. The Balaban J connectivity index is 1.82. The molecule has 0 unspecified atom stereocenters.